The van der Waals surface area contributed by atoms with Crippen molar-refractivity contribution in [2.45, 2.75) is 0 Å². The number of nitrogens with zero attached hydrogens (tertiary/aromatic N) is 4. The number of aromatic nitrogens is 4. The second kappa shape index (κ2) is 13.6. The Kier molecular flexibility index (Phi) is 7.74. The third kappa shape index (κ3) is 5.19. The van der Waals surface area contributed by atoms with E-state index in [9.17, 15) is 0 Å². The molecule has 0 saturated carbocycles. The Morgan fingerprint density at radius 3 is 1.70 bits per heavy atom. The number of para-hydroxylation sites is 5. The summed E-state index contributed by atoms with van der Waals surface area (Å²) in [4.78, 5) is 5.45. The van der Waals surface area contributed by atoms with E-state index in [0.717, 1.165) is 72.5 Å². The van der Waals surface area contributed by atoms with Crippen LogP contribution in [-0.4, -0.2) is 18.7 Å². The van der Waals surface area contributed by atoms with Crippen molar-refractivity contribution in [3.63, 3.8) is 0 Å². The summed E-state index contributed by atoms with van der Waals surface area (Å²) in [5.74, 6) is 0.867. The van der Waals surface area contributed by atoms with Gasteiger partial charge in [0.15, 0.2) is 0 Å². The first-order valence-electron chi connectivity index (χ1n) is 20.5. The fourth-order valence-corrected chi connectivity index (χ4v) is 9.56. The molecule has 5 heterocycles. The van der Waals surface area contributed by atoms with Crippen LogP contribution < -0.4 is 5.73 Å². The van der Waals surface area contributed by atoms with E-state index in [1.54, 1.807) is 0 Å². The van der Waals surface area contributed by atoms with E-state index in [2.05, 4.69) is 208 Å². The number of pyridine rings is 1. The molecule has 61 heavy (non-hydrogen) atoms. The van der Waals surface area contributed by atoms with Gasteiger partial charge in [0.2, 0.25) is 0 Å². The van der Waals surface area contributed by atoms with Crippen molar-refractivity contribution in [1.82, 2.24) is 18.7 Å². The topological polar surface area (TPSA) is 66.8 Å². The van der Waals surface area contributed by atoms with Crippen LogP contribution >= 0.6 is 0 Å². The minimum absolute atomic E-state index is 0. The Morgan fingerprint density at radius 1 is 0.426 bits per heavy atom. The van der Waals surface area contributed by atoms with E-state index in [-0.39, 0.29) is 1.43 Å². The highest BCUT2D eigenvalue weighted by atomic mass is 16.3. The number of fused-ring (bicyclic) bond motifs is 13. The quantitative estimate of drug-likeness (QED) is 0.193. The standard InChI is InChI=1S/C53H32N4O.C2H5N.H2/c1-2-13-34(14-3-1)55-45-20-8-6-17-38(45)42-32-35(26-29-48(42)55)56-46-21-9-4-15-36(46)40-27-28-41-37-16-5-10-22-47(37)57(53(41)52(40)56)51-24-12-19-44(54-51)33-25-30-50-43(31-33)39-18-7-11-23-49(39)58-50;1-2-3;/h1-32H;2H,1,3H2;1H. The first-order chi connectivity index (χ1) is 30.2. The van der Waals surface area contributed by atoms with Crippen LogP contribution in [0.4, 0.5) is 0 Å². The van der Waals surface area contributed by atoms with Gasteiger partial charge in [-0.05, 0) is 91.1 Å². The molecule has 5 aromatic heterocycles. The zero-order chi connectivity index (χ0) is 40.6. The number of nitrogens with two attached hydrogens (primary N) is 1. The monoisotopic (exact) mass is 785 g/mol. The van der Waals surface area contributed by atoms with Crippen LogP contribution in [0.2, 0.25) is 0 Å². The molecule has 0 bridgehead atoms. The van der Waals surface area contributed by atoms with E-state index < -0.39 is 0 Å². The van der Waals surface area contributed by atoms with Crippen LogP contribution in [-0.2, 0) is 0 Å². The lowest BCUT2D eigenvalue weighted by Crippen LogP contribution is -2.01. The predicted octanol–water partition coefficient (Wildman–Crippen LogP) is 14.3. The Balaban J connectivity index is 0.00000105. The lowest BCUT2D eigenvalue weighted by molar-refractivity contribution is 0.669. The zero-order valence-corrected chi connectivity index (χ0v) is 33.0. The van der Waals surface area contributed by atoms with Crippen molar-refractivity contribution >= 4 is 87.4 Å². The summed E-state index contributed by atoms with van der Waals surface area (Å²) >= 11 is 0. The molecular weight excluding hydrogens is 747 g/mol. The van der Waals surface area contributed by atoms with E-state index in [1.165, 1.54) is 49.6 Å². The number of rotatable bonds is 4. The molecule has 290 valence electrons. The van der Waals surface area contributed by atoms with Gasteiger partial charge in [-0.15, -0.1) is 0 Å². The smallest absolute Gasteiger partial charge is 0.138 e. The van der Waals surface area contributed by atoms with Gasteiger partial charge in [-0.2, -0.15) is 0 Å². The van der Waals surface area contributed by atoms with Gasteiger partial charge >= 0.3 is 0 Å². The van der Waals surface area contributed by atoms with Crippen LogP contribution in [0.15, 0.2) is 211 Å². The third-order valence-corrected chi connectivity index (χ3v) is 12.0. The van der Waals surface area contributed by atoms with Crippen LogP contribution in [0.3, 0.4) is 0 Å². The van der Waals surface area contributed by atoms with Gasteiger partial charge in [0.1, 0.15) is 17.0 Å². The molecule has 0 saturated heterocycles. The molecule has 0 radical (unpaired) electrons. The Bertz CT molecular complexity index is 3870. The molecule has 0 aliphatic rings. The summed E-state index contributed by atoms with van der Waals surface area (Å²) < 4.78 is 13.4. The summed E-state index contributed by atoms with van der Waals surface area (Å²) in [6.07, 6.45) is 1.25. The van der Waals surface area contributed by atoms with Crippen LogP contribution in [0, 0.1) is 0 Å². The largest absolute Gasteiger partial charge is 0.456 e. The van der Waals surface area contributed by atoms with Crippen LogP contribution in [0.1, 0.15) is 1.43 Å². The molecule has 0 aliphatic carbocycles. The van der Waals surface area contributed by atoms with Gasteiger partial charge in [-0.1, -0.05) is 116 Å². The van der Waals surface area contributed by atoms with Crippen molar-refractivity contribution in [1.29, 1.82) is 0 Å². The zero-order valence-electron chi connectivity index (χ0n) is 33.0. The molecule has 13 rings (SSSR count). The van der Waals surface area contributed by atoms with Crippen molar-refractivity contribution in [3.8, 4) is 28.5 Å². The SMILES string of the molecule is C=CN.[HH].c1ccc(-n2c3ccccc3c3cc(-n4c5ccccc5c5ccc6c7ccccc7n(-c7cccc(-c8ccc9oc%10ccccc%10c9c8)n7)c6c54)ccc32)cc1. The highest BCUT2D eigenvalue weighted by molar-refractivity contribution is 6.24. The maximum Gasteiger partial charge on any atom is 0.138 e. The average Bonchev–Trinajstić information content (AvgIpc) is 4.06. The highest BCUT2D eigenvalue weighted by Gasteiger charge is 2.23. The fourth-order valence-electron chi connectivity index (χ4n) is 9.56. The highest BCUT2D eigenvalue weighted by Crippen LogP contribution is 2.43. The third-order valence-electron chi connectivity index (χ3n) is 12.0. The number of hydrogen-bond acceptors (Lipinski definition) is 3. The van der Waals surface area contributed by atoms with E-state index >= 15 is 0 Å². The van der Waals surface area contributed by atoms with Crippen molar-refractivity contribution in [2.75, 3.05) is 0 Å². The summed E-state index contributed by atoms with van der Waals surface area (Å²) in [7, 11) is 0. The summed E-state index contributed by atoms with van der Waals surface area (Å²) in [6.45, 7) is 3.14. The Hall–Kier alpha value is -8.35. The maximum atomic E-state index is 6.17. The van der Waals surface area contributed by atoms with Crippen LogP contribution in [0.5, 0.6) is 0 Å². The van der Waals surface area contributed by atoms with Crippen LogP contribution in [0.25, 0.3) is 116 Å². The lowest BCUT2D eigenvalue weighted by Gasteiger charge is -2.13. The second-order valence-corrected chi connectivity index (χ2v) is 15.4. The molecule has 2 N–H and O–H groups in total. The molecular formula is C55H39N5O. The minimum atomic E-state index is 0. The predicted molar refractivity (Wildman–Crippen MR) is 256 cm³/mol. The minimum Gasteiger partial charge on any atom is -0.456 e. The van der Waals surface area contributed by atoms with Crippen molar-refractivity contribution in [3.05, 3.63) is 207 Å². The molecule has 0 atom stereocenters. The fraction of sp³-hybridized carbons (Fsp3) is 0. The first-order valence-corrected chi connectivity index (χ1v) is 20.5. The van der Waals surface area contributed by atoms with Gasteiger partial charge in [-0.25, -0.2) is 4.98 Å². The van der Waals surface area contributed by atoms with E-state index in [0.29, 0.717) is 0 Å². The van der Waals surface area contributed by atoms with Crippen molar-refractivity contribution in [2.24, 2.45) is 5.73 Å². The van der Waals surface area contributed by atoms with E-state index in [1.807, 2.05) is 12.1 Å². The lowest BCUT2D eigenvalue weighted by atomic mass is 10.1. The van der Waals surface area contributed by atoms with Gasteiger partial charge in [0, 0.05) is 61.5 Å². The van der Waals surface area contributed by atoms with Gasteiger partial charge in [0.05, 0.1) is 38.8 Å². The maximum absolute atomic E-state index is 6.17. The summed E-state index contributed by atoms with van der Waals surface area (Å²) in [6, 6.07) is 69.4. The molecule has 0 amide bonds. The number of hydrogen-bond donors (Lipinski definition) is 1. The van der Waals surface area contributed by atoms with Gasteiger partial charge in [0.25, 0.3) is 0 Å². The summed E-state index contributed by atoms with van der Waals surface area (Å²) in [5, 5.41) is 9.43. The molecule has 0 aliphatic heterocycles. The van der Waals surface area contributed by atoms with Crippen molar-refractivity contribution < 1.29 is 5.84 Å². The van der Waals surface area contributed by atoms with E-state index in [4.69, 9.17) is 9.40 Å². The molecule has 8 aromatic carbocycles. The Labute approximate surface area is 351 Å². The molecule has 0 fully saturated rings. The van der Waals surface area contributed by atoms with Gasteiger partial charge in [-0.3, -0.25) is 4.57 Å². The molecule has 13 aromatic rings. The second-order valence-electron chi connectivity index (χ2n) is 15.4. The summed E-state index contributed by atoms with van der Waals surface area (Å²) in [5.41, 5.74) is 17.5. The molecule has 0 unspecified atom stereocenters. The number of benzene rings is 8. The molecule has 0 spiro atoms. The normalized spacial score (nSPS) is 11.7. The number of furan rings is 1. The van der Waals surface area contributed by atoms with Gasteiger partial charge < -0.3 is 19.3 Å². The molecule has 6 nitrogen and oxygen atoms in total. The Morgan fingerprint density at radius 2 is 0.984 bits per heavy atom. The average molecular weight is 786 g/mol. The molecule has 6 heteroatoms. The first kappa shape index (κ1) is 34.7.